The van der Waals surface area contributed by atoms with Gasteiger partial charge in [-0.25, -0.2) is 0 Å². The molecule has 2 aromatic rings. The Morgan fingerprint density at radius 2 is 1.90 bits per heavy atom. The van der Waals surface area contributed by atoms with Crippen LogP contribution >= 0.6 is 38.9 Å². The van der Waals surface area contributed by atoms with Crippen molar-refractivity contribution >= 4 is 38.9 Å². The minimum Gasteiger partial charge on any atom is -0.309 e. The second kappa shape index (κ2) is 6.18. The number of thiophene rings is 1. The zero-order valence-corrected chi connectivity index (χ0v) is 15.3. The molecule has 2 rings (SSSR count). The molecule has 0 fully saturated rings. The molecule has 1 unspecified atom stereocenters. The molecular weight excluding hydrogens is 354 g/mol. The molecule has 0 spiro atoms. The number of benzene rings is 1. The summed E-state index contributed by atoms with van der Waals surface area (Å²) >= 11 is 11.5. The van der Waals surface area contributed by atoms with Crippen molar-refractivity contribution in [3.05, 3.63) is 55.1 Å². The first-order valence-corrected chi connectivity index (χ1v) is 8.53. The van der Waals surface area contributed by atoms with Crippen LogP contribution in [0.3, 0.4) is 0 Å². The summed E-state index contributed by atoms with van der Waals surface area (Å²) in [7, 11) is 1.98. The third-order valence-corrected chi connectivity index (χ3v) is 5.41. The highest BCUT2D eigenvalue weighted by Crippen LogP contribution is 2.35. The number of nitrogens with one attached hydrogen (secondary N) is 1. The second-order valence-corrected chi connectivity index (χ2v) is 8.34. The molecule has 108 valence electrons. The average Bonchev–Trinajstić information content (AvgIpc) is 2.77. The van der Waals surface area contributed by atoms with Crippen molar-refractivity contribution in [2.45, 2.75) is 32.2 Å². The van der Waals surface area contributed by atoms with Crippen LogP contribution in [0.15, 0.2) is 34.8 Å². The lowest BCUT2D eigenvalue weighted by Gasteiger charge is -2.18. The fraction of sp³-hybridized carbons (Fsp3) is 0.375. The molecule has 0 aliphatic heterocycles. The molecule has 0 saturated carbocycles. The fourth-order valence-corrected chi connectivity index (χ4v) is 4.22. The Balaban J connectivity index is 2.39. The largest absolute Gasteiger partial charge is 0.309 e. The highest BCUT2D eigenvalue weighted by molar-refractivity contribution is 9.10. The van der Waals surface area contributed by atoms with Crippen molar-refractivity contribution in [3.8, 4) is 0 Å². The lowest BCUT2D eigenvalue weighted by Crippen LogP contribution is -2.16. The van der Waals surface area contributed by atoms with E-state index in [1.54, 1.807) is 0 Å². The Bertz CT molecular complexity index is 581. The Morgan fingerprint density at radius 3 is 2.40 bits per heavy atom. The van der Waals surface area contributed by atoms with Crippen molar-refractivity contribution in [1.29, 1.82) is 0 Å². The van der Waals surface area contributed by atoms with E-state index >= 15 is 0 Å². The molecule has 0 amide bonds. The molecule has 1 heterocycles. The van der Waals surface area contributed by atoms with Crippen LogP contribution in [0, 0.1) is 0 Å². The van der Waals surface area contributed by atoms with Crippen molar-refractivity contribution in [2.75, 3.05) is 7.05 Å². The summed E-state index contributed by atoms with van der Waals surface area (Å²) in [5, 5.41) is 4.14. The molecule has 1 aromatic carbocycles. The number of hydrogen-bond donors (Lipinski definition) is 1. The molecule has 0 radical (unpaired) electrons. The Kier molecular flexibility index (Phi) is 4.96. The highest BCUT2D eigenvalue weighted by atomic mass is 79.9. The van der Waals surface area contributed by atoms with Crippen LogP contribution in [0.2, 0.25) is 5.02 Å². The Labute approximate surface area is 138 Å². The van der Waals surface area contributed by atoms with Gasteiger partial charge in [-0.05, 0) is 48.4 Å². The minimum atomic E-state index is 0.172. The van der Waals surface area contributed by atoms with Gasteiger partial charge in [0.25, 0.3) is 0 Å². The van der Waals surface area contributed by atoms with Crippen LogP contribution in [0.5, 0.6) is 0 Å². The first kappa shape index (κ1) is 16.0. The summed E-state index contributed by atoms with van der Waals surface area (Å²) in [4.78, 5) is 2.71. The fourth-order valence-electron chi connectivity index (χ4n) is 2.13. The first-order valence-electron chi connectivity index (χ1n) is 6.54. The third kappa shape index (κ3) is 3.64. The summed E-state index contributed by atoms with van der Waals surface area (Å²) in [6.07, 6.45) is 0. The van der Waals surface area contributed by atoms with E-state index in [4.69, 9.17) is 11.6 Å². The molecule has 0 bridgehead atoms. The molecule has 1 N–H and O–H groups in total. The van der Waals surface area contributed by atoms with Gasteiger partial charge in [-0.3, -0.25) is 0 Å². The van der Waals surface area contributed by atoms with Crippen molar-refractivity contribution < 1.29 is 0 Å². The van der Waals surface area contributed by atoms with E-state index in [1.165, 1.54) is 15.3 Å². The molecule has 0 aliphatic carbocycles. The third-order valence-electron chi connectivity index (χ3n) is 3.16. The quantitative estimate of drug-likeness (QED) is 0.721. The van der Waals surface area contributed by atoms with Gasteiger partial charge in [-0.2, -0.15) is 0 Å². The topological polar surface area (TPSA) is 12.0 Å². The van der Waals surface area contributed by atoms with Crippen LogP contribution in [0.25, 0.3) is 0 Å². The van der Waals surface area contributed by atoms with Gasteiger partial charge in [0.05, 0.1) is 6.04 Å². The number of halogens is 2. The second-order valence-electron chi connectivity index (χ2n) is 5.88. The average molecular weight is 373 g/mol. The maximum Gasteiger partial charge on any atom is 0.0669 e. The summed E-state index contributed by atoms with van der Waals surface area (Å²) in [5.41, 5.74) is 1.37. The Hall–Kier alpha value is -0.350. The van der Waals surface area contributed by atoms with Gasteiger partial charge in [0.15, 0.2) is 0 Å². The van der Waals surface area contributed by atoms with Gasteiger partial charge in [0, 0.05) is 19.2 Å². The zero-order chi connectivity index (χ0) is 14.9. The summed E-state index contributed by atoms with van der Waals surface area (Å²) < 4.78 is 1.01. The van der Waals surface area contributed by atoms with E-state index in [9.17, 15) is 0 Å². The summed E-state index contributed by atoms with van der Waals surface area (Å²) in [6, 6.07) is 10.6. The lowest BCUT2D eigenvalue weighted by atomic mass is 9.95. The minimum absolute atomic E-state index is 0.172. The smallest absolute Gasteiger partial charge is 0.0669 e. The molecule has 0 saturated heterocycles. The normalized spacial score (nSPS) is 13.5. The summed E-state index contributed by atoms with van der Waals surface area (Å²) in [5.74, 6) is 0. The maximum absolute atomic E-state index is 6.16. The maximum atomic E-state index is 6.16. The van der Waals surface area contributed by atoms with Crippen LogP contribution in [-0.2, 0) is 5.41 Å². The van der Waals surface area contributed by atoms with Crippen molar-refractivity contribution in [1.82, 2.24) is 5.32 Å². The SMILES string of the molecule is CNC(c1cc(Cl)cc(Br)c1)c1ccc(C(C)(C)C)s1. The highest BCUT2D eigenvalue weighted by Gasteiger charge is 2.20. The van der Waals surface area contributed by atoms with E-state index in [2.05, 4.69) is 60.2 Å². The molecular formula is C16H19BrClNS. The number of rotatable bonds is 3. The van der Waals surface area contributed by atoms with Crippen molar-refractivity contribution in [3.63, 3.8) is 0 Å². The lowest BCUT2D eigenvalue weighted by molar-refractivity contribution is 0.604. The van der Waals surface area contributed by atoms with E-state index in [0.29, 0.717) is 0 Å². The van der Waals surface area contributed by atoms with Crippen LogP contribution < -0.4 is 5.32 Å². The van der Waals surface area contributed by atoms with Gasteiger partial charge < -0.3 is 5.32 Å². The predicted molar refractivity (Wildman–Crippen MR) is 93.1 cm³/mol. The predicted octanol–water partition coefficient (Wildman–Crippen LogP) is 5.77. The van der Waals surface area contributed by atoms with Crippen LogP contribution in [0.1, 0.15) is 42.1 Å². The summed E-state index contributed by atoms with van der Waals surface area (Å²) in [6.45, 7) is 6.73. The van der Waals surface area contributed by atoms with E-state index < -0.39 is 0 Å². The van der Waals surface area contributed by atoms with E-state index in [0.717, 1.165) is 9.50 Å². The first-order chi connectivity index (χ1) is 9.31. The zero-order valence-electron chi connectivity index (χ0n) is 12.1. The molecule has 0 aliphatic rings. The molecule has 4 heteroatoms. The van der Waals surface area contributed by atoms with E-state index in [-0.39, 0.29) is 11.5 Å². The van der Waals surface area contributed by atoms with Gasteiger partial charge >= 0.3 is 0 Å². The van der Waals surface area contributed by atoms with Gasteiger partial charge in [-0.1, -0.05) is 48.3 Å². The van der Waals surface area contributed by atoms with E-state index in [1.807, 2.05) is 30.5 Å². The molecule has 1 nitrogen and oxygen atoms in total. The standard InChI is InChI=1S/C16H19BrClNS/c1-16(2,3)14-6-5-13(20-14)15(19-4)10-7-11(17)9-12(18)8-10/h5-9,15,19H,1-4H3. The van der Waals surface area contributed by atoms with Gasteiger partial charge in [-0.15, -0.1) is 11.3 Å². The monoisotopic (exact) mass is 371 g/mol. The van der Waals surface area contributed by atoms with Crippen molar-refractivity contribution in [2.24, 2.45) is 0 Å². The molecule has 1 atom stereocenters. The van der Waals surface area contributed by atoms with Crippen LogP contribution in [0.4, 0.5) is 0 Å². The number of hydrogen-bond acceptors (Lipinski definition) is 2. The van der Waals surface area contributed by atoms with Gasteiger partial charge in [0.2, 0.25) is 0 Å². The molecule has 1 aromatic heterocycles. The van der Waals surface area contributed by atoms with Gasteiger partial charge in [0.1, 0.15) is 0 Å². The Morgan fingerprint density at radius 1 is 1.20 bits per heavy atom. The van der Waals surface area contributed by atoms with Crippen LogP contribution in [-0.4, -0.2) is 7.05 Å². The molecule has 20 heavy (non-hydrogen) atoms.